The molecule has 1 aromatic rings. The second-order valence-electron chi connectivity index (χ2n) is 6.64. The van der Waals surface area contributed by atoms with E-state index < -0.39 is 5.41 Å². The smallest absolute Gasteiger partial charge is 0.235 e. The summed E-state index contributed by atoms with van der Waals surface area (Å²) in [5.41, 5.74) is 3.23. The molecule has 0 saturated carbocycles. The molecule has 1 N–H and O–H groups in total. The Bertz CT molecular complexity index is 592. The molecule has 3 rings (SSSR count). The lowest BCUT2D eigenvalue weighted by atomic mass is 9.92. The summed E-state index contributed by atoms with van der Waals surface area (Å²) in [5, 5.41) is 3.46. The minimum atomic E-state index is -0.536. The first-order valence-corrected chi connectivity index (χ1v) is 7.68. The molecule has 0 radical (unpaired) electrons. The van der Waals surface area contributed by atoms with Gasteiger partial charge in [0.05, 0.1) is 5.41 Å². The first kappa shape index (κ1) is 14.1. The van der Waals surface area contributed by atoms with Gasteiger partial charge in [0.2, 0.25) is 11.8 Å². The number of para-hydroxylation sites is 1. The zero-order chi connectivity index (χ0) is 15.0. The van der Waals surface area contributed by atoms with Crippen molar-refractivity contribution >= 4 is 17.5 Å². The fourth-order valence-corrected chi connectivity index (χ4v) is 3.28. The highest BCUT2D eigenvalue weighted by atomic mass is 16.2. The molecule has 0 bridgehead atoms. The SMILES string of the molecule is CC1(C)CC(=O)N(CCc2cccc3c2NCCC3)C1=O. The Morgan fingerprint density at radius 2 is 2.10 bits per heavy atom. The van der Waals surface area contributed by atoms with Crippen LogP contribution in [0.25, 0.3) is 0 Å². The first-order valence-electron chi connectivity index (χ1n) is 7.68. The molecular formula is C17H22N2O2. The summed E-state index contributed by atoms with van der Waals surface area (Å²) in [5.74, 6) is -0.0759. The molecule has 2 aliphatic rings. The van der Waals surface area contributed by atoms with Gasteiger partial charge in [-0.1, -0.05) is 32.0 Å². The number of carbonyl (C=O) groups is 2. The monoisotopic (exact) mass is 286 g/mol. The summed E-state index contributed by atoms with van der Waals surface area (Å²) in [6.45, 7) is 5.18. The molecule has 1 aromatic carbocycles. The van der Waals surface area contributed by atoms with Gasteiger partial charge in [-0.2, -0.15) is 0 Å². The van der Waals surface area contributed by atoms with Crippen LogP contribution in [0.5, 0.6) is 0 Å². The average Bonchev–Trinajstić information content (AvgIpc) is 2.65. The maximum absolute atomic E-state index is 12.2. The minimum absolute atomic E-state index is 0.0368. The van der Waals surface area contributed by atoms with Crippen LogP contribution >= 0.6 is 0 Å². The van der Waals surface area contributed by atoms with Gasteiger partial charge in [-0.3, -0.25) is 14.5 Å². The fourth-order valence-electron chi connectivity index (χ4n) is 3.28. The molecule has 1 fully saturated rings. The van der Waals surface area contributed by atoms with Gasteiger partial charge in [-0.05, 0) is 30.4 Å². The topological polar surface area (TPSA) is 49.4 Å². The zero-order valence-electron chi connectivity index (χ0n) is 12.7. The molecule has 1 saturated heterocycles. The summed E-state index contributed by atoms with van der Waals surface area (Å²) >= 11 is 0. The molecule has 0 spiro atoms. The number of hydrogen-bond donors (Lipinski definition) is 1. The van der Waals surface area contributed by atoms with E-state index in [1.165, 1.54) is 21.7 Å². The Kier molecular flexibility index (Phi) is 3.47. The molecule has 0 atom stereocenters. The predicted molar refractivity (Wildman–Crippen MR) is 82.1 cm³/mol. The van der Waals surface area contributed by atoms with Crippen LogP contribution in [-0.2, 0) is 22.4 Å². The second-order valence-corrected chi connectivity index (χ2v) is 6.64. The number of nitrogens with zero attached hydrogens (tertiary/aromatic N) is 1. The molecule has 4 nitrogen and oxygen atoms in total. The molecule has 0 aromatic heterocycles. The summed E-state index contributed by atoms with van der Waals surface area (Å²) in [4.78, 5) is 25.7. The standard InChI is InChI=1S/C17H22N2O2/c1-17(2)11-14(20)19(16(17)21)10-8-13-6-3-5-12-7-4-9-18-15(12)13/h3,5-6,18H,4,7-11H2,1-2H3. The first-order chi connectivity index (χ1) is 9.99. The van der Waals surface area contributed by atoms with Crippen LogP contribution in [0.1, 0.15) is 37.8 Å². The van der Waals surface area contributed by atoms with Crippen molar-refractivity contribution < 1.29 is 9.59 Å². The van der Waals surface area contributed by atoms with Gasteiger partial charge in [0, 0.05) is 25.2 Å². The van der Waals surface area contributed by atoms with E-state index in [9.17, 15) is 9.59 Å². The molecule has 4 heteroatoms. The number of hydrogen-bond acceptors (Lipinski definition) is 3. The number of imide groups is 1. The lowest BCUT2D eigenvalue weighted by Gasteiger charge is -2.23. The predicted octanol–water partition coefficient (Wildman–Crippen LogP) is 2.37. The number of likely N-dealkylation sites (tertiary alicyclic amines) is 1. The molecule has 2 heterocycles. The highest BCUT2D eigenvalue weighted by Crippen LogP contribution is 2.32. The van der Waals surface area contributed by atoms with Gasteiger partial charge < -0.3 is 5.32 Å². The molecule has 2 amide bonds. The van der Waals surface area contributed by atoms with Crippen LogP contribution < -0.4 is 5.32 Å². The number of fused-ring (bicyclic) bond motifs is 1. The molecule has 2 aliphatic heterocycles. The third-order valence-corrected chi connectivity index (χ3v) is 4.48. The van der Waals surface area contributed by atoms with Crippen molar-refractivity contribution in [3.05, 3.63) is 29.3 Å². The number of rotatable bonds is 3. The lowest BCUT2D eigenvalue weighted by Crippen LogP contribution is -2.34. The molecule has 0 aliphatic carbocycles. The Morgan fingerprint density at radius 1 is 1.29 bits per heavy atom. The Labute approximate surface area is 125 Å². The van der Waals surface area contributed by atoms with Gasteiger partial charge in [-0.15, -0.1) is 0 Å². The van der Waals surface area contributed by atoms with Crippen molar-refractivity contribution in [2.45, 2.75) is 39.5 Å². The highest BCUT2D eigenvalue weighted by Gasteiger charge is 2.44. The van der Waals surface area contributed by atoms with E-state index in [2.05, 4.69) is 23.5 Å². The highest BCUT2D eigenvalue weighted by molar-refractivity contribution is 6.05. The van der Waals surface area contributed by atoms with Crippen molar-refractivity contribution in [3.63, 3.8) is 0 Å². The van der Waals surface area contributed by atoms with E-state index in [0.717, 1.165) is 25.8 Å². The van der Waals surface area contributed by atoms with Crippen LogP contribution in [0.4, 0.5) is 5.69 Å². The lowest BCUT2D eigenvalue weighted by molar-refractivity contribution is -0.140. The average molecular weight is 286 g/mol. The maximum Gasteiger partial charge on any atom is 0.235 e. The third kappa shape index (κ3) is 2.55. The van der Waals surface area contributed by atoms with Crippen LogP contribution in [0, 0.1) is 5.41 Å². The molecule has 21 heavy (non-hydrogen) atoms. The van der Waals surface area contributed by atoms with Crippen molar-refractivity contribution in [3.8, 4) is 0 Å². The maximum atomic E-state index is 12.2. The van der Waals surface area contributed by atoms with Gasteiger partial charge >= 0.3 is 0 Å². The van der Waals surface area contributed by atoms with Gasteiger partial charge in [0.1, 0.15) is 0 Å². The number of anilines is 1. The van der Waals surface area contributed by atoms with Crippen molar-refractivity contribution in [2.75, 3.05) is 18.4 Å². The molecular weight excluding hydrogens is 264 g/mol. The summed E-state index contributed by atoms with van der Waals surface area (Å²) < 4.78 is 0. The molecule has 112 valence electrons. The van der Waals surface area contributed by atoms with E-state index in [1.807, 2.05) is 13.8 Å². The Morgan fingerprint density at radius 3 is 2.81 bits per heavy atom. The van der Waals surface area contributed by atoms with E-state index >= 15 is 0 Å². The normalized spacial score (nSPS) is 20.4. The minimum Gasteiger partial charge on any atom is -0.385 e. The van der Waals surface area contributed by atoms with Gasteiger partial charge in [0.15, 0.2) is 0 Å². The van der Waals surface area contributed by atoms with Crippen LogP contribution in [0.2, 0.25) is 0 Å². The summed E-state index contributed by atoms with van der Waals surface area (Å²) in [6.07, 6.45) is 3.32. The molecule has 0 unspecified atom stereocenters. The number of benzene rings is 1. The van der Waals surface area contributed by atoms with Crippen molar-refractivity contribution in [1.29, 1.82) is 0 Å². The largest absolute Gasteiger partial charge is 0.385 e. The fraction of sp³-hybridized carbons (Fsp3) is 0.529. The van der Waals surface area contributed by atoms with Gasteiger partial charge in [0.25, 0.3) is 0 Å². The Hall–Kier alpha value is -1.84. The van der Waals surface area contributed by atoms with E-state index in [1.54, 1.807) is 0 Å². The van der Waals surface area contributed by atoms with E-state index in [4.69, 9.17) is 0 Å². The van der Waals surface area contributed by atoms with Crippen molar-refractivity contribution in [2.24, 2.45) is 5.41 Å². The number of carbonyl (C=O) groups excluding carboxylic acids is 2. The quantitative estimate of drug-likeness (QED) is 0.868. The van der Waals surface area contributed by atoms with E-state index in [0.29, 0.717) is 13.0 Å². The second kappa shape index (κ2) is 5.17. The van der Waals surface area contributed by atoms with Crippen LogP contribution in [0.15, 0.2) is 18.2 Å². The Balaban J connectivity index is 1.74. The van der Waals surface area contributed by atoms with Crippen LogP contribution in [0.3, 0.4) is 0 Å². The zero-order valence-corrected chi connectivity index (χ0v) is 12.7. The number of amides is 2. The third-order valence-electron chi connectivity index (χ3n) is 4.48. The van der Waals surface area contributed by atoms with E-state index in [-0.39, 0.29) is 11.8 Å². The van der Waals surface area contributed by atoms with Crippen molar-refractivity contribution in [1.82, 2.24) is 4.90 Å². The summed E-state index contributed by atoms with van der Waals surface area (Å²) in [6, 6.07) is 6.31. The van der Waals surface area contributed by atoms with Gasteiger partial charge in [-0.25, -0.2) is 0 Å². The number of nitrogens with one attached hydrogen (secondary N) is 1. The summed E-state index contributed by atoms with van der Waals surface area (Å²) in [7, 11) is 0. The number of aryl methyl sites for hydroxylation is 1. The van der Waals surface area contributed by atoms with Crippen LogP contribution in [-0.4, -0.2) is 29.8 Å².